The fourth-order valence-electron chi connectivity index (χ4n) is 2.11. The summed E-state index contributed by atoms with van der Waals surface area (Å²) in [7, 11) is -0.701. The van der Waals surface area contributed by atoms with Gasteiger partial charge in [-0.1, -0.05) is 51.0 Å². The minimum Gasteiger partial charge on any atom is -0.399 e. The van der Waals surface area contributed by atoms with Gasteiger partial charge in [-0.25, -0.2) is 0 Å². The van der Waals surface area contributed by atoms with E-state index >= 15 is 0 Å². The molecule has 0 heterocycles. The Morgan fingerprint density at radius 1 is 1.00 bits per heavy atom. The first-order valence-corrected chi connectivity index (χ1v) is 9.27. The quantitative estimate of drug-likeness (QED) is 0.250. The van der Waals surface area contributed by atoms with Crippen LogP contribution in [0, 0.1) is 0 Å². The first kappa shape index (κ1) is 18.9. The zero-order valence-electron chi connectivity index (χ0n) is 13.2. The minimum absolute atomic E-state index is 0.400. The van der Waals surface area contributed by atoms with Gasteiger partial charge in [-0.15, -0.1) is 6.58 Å². The SMILES string of the molecule is C=CCCCCCCCCCCC(C)O[SiH2]OCC. The molecular formula is C16H34O2Si. The summed E-state index contributed by atoms with van der Waals surface area (Å²) in [6, 6.07) is 0. The van der Waals surface area contributed by atoms with Crippen molar-refractivity contribution in [3.63, 3.8) is 0 Å². The minimum atomic E-state index is -0.701. The summed E-state index contributed by atoms with van der Waals surface area (Å²) in [5.74, 6) is 0. The standard InChI is InChI=1S/C16H34O2Si/c1-4-6-7-8-9-10-11-12-13-14-15-16(3)18-19-17-5-2/h4,16H,1,5-15,19H2,2-3H3. The molecule has 0 aromatic carbocycles. The number of hydrogen-bond acceptors (Lipinski definition) is 2. The molecule has 0 aliphatic heterocycles. The van der Waals surface area contributed by atoms with E-state index in [1.165, 1.54) is 64.2 Å². The number of hydrogen-bond donors (Lipinski definition) is 0. The normalized spacial score (nSPS) is 13.2. The Kier molecular flexibility index (Phi) is 15.8. The van der Waals surface area contributed by atoms with Crippen LogP contribution in [0.5, 0.6) is 0 Å². The van der Waals surface area contributed by atoms with E-state index in [2.05, 4.69) is 13.5 Å². The molecule has 0 rings (SSSR count). The van der Waals surface area contributed by atoms with Crippen molar-refractivity contribution in [2.75, 3.05) is 6.61 Å². The zero-order valence-corrected chi connectivity index (χ0v) is 14.6. The summed E-state index contributed by atoms with van der Waals surface area (Å²) in [4.78, 5) is 0. The topological polar surface area (TPSA) is 18.5 Å². The maximum atomic E-state index is 5.67. The van der Waals surface area contributed by atoms with Crippen LogP contribution in [0.3, 0.4) is 0 Å². The summed E-state index contributed by atoms with van der Waals surface area (Å²) in [5, 5.41) is 0. The fraction of sp³-hybridized carbons (Fsp3) is 0.875. The molecule has 0 aromatic heterocycles. The first-order valence-electron chi connectivity index (χ1n) is 8.11. The molecule has 114 valence electrons. The molecular weight excluding hydrogens is 252 g/mol. The molecule has 3 heteroatoms. The first-order chi connectivity index (χ1) is 9.31. The Hall–Kier alpha value is -0.123. The molecule has 1 atom stereocenters. The lowest BCUT2D eigenvalue weighted by atomic mass is 10.1. The molecule has 0 aliphatic carbocycles. The molecule has 0 spiro atoms. The van der Waals surface area contributed by atoms with E-state index in [0.29, 0.717) is 6.10 Å². The maximum absolute atomic E-state index is 5.67. The summed E-state index contributed by atoms with van der Waals surface area (Å²) >= 11 is 0. The highest BCUT2D eigenvalue weighted by Gasteiger charge is 2.01. The summed E-state index contributed by atoms with van der Waals surface area (Å²) in [6.07, 6.45) is 15.7. The fourth-order valence-corrected chi connectivity index (χ4v) is 2.77. The van der Waals surface area contributed by atoms with E-state index in [0.717, 1.165) is 6.61 Å². The van der Waals surface area contributed by atoms with E-state index in [-0.39, 0.29) is 0 Å². The monoisotopic (exact) mass is 286 g/mol. The van der Waals surface area contributed by atoms with Crippen molar-refractivity contribution in [2.45, 2.75) is 84.2 Å². The summed E-state index contributed by atoms with van der Waals surface area (Å²) in [6.45, 7) is 8.75. The van der Waals surface area contributed by atoms with Gasteiger partial charge in [0, 0.05) is 12.7 Å². The highest BCUT2D eigenvalue weighted by Crippen LogP contribution is 2.12. The van der Waals surface area contributed by atoms with E-state index in [1.807, 2.05) is 13.0 Å². The number of unbranched alkanes of at least 4 members (excludes halogenated alkanes) is 8. The Balaban J connectivity index is 3.07. The lowest BCUT2D eigenvalue weighted by Gasteiger charge is -2.12. The van der Waals surface area contributed by atoms with Crippen LogP contribution in [0.2, 0.25) is 0 Å². The van der Waals surface area contributed by atoms with Crippen molar-refractivity contribution in [1.82, 2.24) is 0 Å². The number of rotatable bonds is 15. The lowest BCUT2D eigenvalue weighted by Crippen LogP contribution is -2.14. The molecule has 0 fully saturated rings. The largest absolute Gasteiger partial charge is 0.399 e. The third-order valence-electron chi connectivity index (χ3n) is 3.41. The summed E-state index contributed by atoms with van der Waals surface area (Å²) < 4.78 is 11.0. The van der Waals surface area contributed by atoms with Crippen molar-refractivity contribution in [3.8, 4) is 0 Å². The molecule has 0 saturated heterocycles. The predicted molar refractivity (Wildman–Crippen MR) is 87.1 cm³/mol. The average Bonchev–Trinajstić information content (AvgIpc) is 2.41. The molecule has 0 amide bonds. The predicted octanol–water partition coefficient (Wildman–Crippen LogP) is 4.51. The highest BCUT2D eigenvalue weighted by molar-refractivity contribution is 6.18. The molecule has 0 aromatic rings. The molecule has 0 radical (unpaired) electrons. The van der Waals surface area contributed by atoms with Crippen molar-refractivity contribution >= 4 is 10.0 Å². The molecule has 0 N–H and O–H groups in total. The number of allylic oxidation sites excluding steroid dienone is 1. The Morgan fingerprint density at radius 3 is 2.16 bits per heavy atom. The van der Waals surface area contributed by atoms with Crippen molar-refractivity contribution in [2.24, 2.45) is 0 Å². The molecule has 2 nitrogen and oxygen atoms in total. The third kappa shape index (κ3) is 15.8. The van der Waals surface area contributed by atoms with Crippen molar-refractivity contribution in [3.05, 3.63) is 12.7 Å². The van der Waals surface area contributed by atoms with Crippen LogP contribution in [0.4, 0.5) is 0 Å². The highest BCUT2D eigenvalue weighted by atomic mass is 28.3. The van der Waals surface area contributed by atoms with E-state index in [1.54, 1.807) is 0 Å². The van der Waals surface area contributed by atoms with Gasteiger partial charge >= 0.3 is 10.0 Å². The van der Waals surface area contributed by atoms with E-state index in [9.17, 15) is 0 Å². The van der Waals surface area contributed by atoms with Crippen LogP contribution >= 0.6 is 0 Å². The van der Waals surface area contributed by atoms with Crippen molar-refractivity contribution < 1.29 is 8.85 Å². The van der Waals surface area contributed by atoms with Gasteiger partial charge in [0.05, 0.1) is 0 Å². The van der Waals surface area contributed by atoms with Gasteiger partial charge in [0.2, 0.25) is 0 Å². The van der Waals surface area contributed by atoms with Gasteiger partial charge < -0.3 is 8.85 Å². The van der Waals surface area contributed by atoms with Gasteiger partial charge in [0.15, 0.2) is 0 Å². The van der Waals surface area contributed by atoms with E-state index in [4.69, 9.17) is 8.85 Å². The van der Waals surface area contributed by atoms with Crippen LogP contribution in [0.15, 0.2) is 12.7 Å². The third-order valence-corrected chi connectivity index (χ3v) is 4.69. The van der Waals surface area contributed by atoms with Crippen molar-refractivity contribution in [1.29, 1.82) is 0 Å². The second-order valence-corrected chi connectivity index (χ2v) is 6.26. The lowest BCUT2D eigenvalue weighted by molar-refractivity contribution is 0.162. The van der Waals surface area contributed by atoms with Gasteiger partial charge in [-0.3, -0.25) is 0 Å². The molecule has 0 saturated carbocycles. The average molecular weight is 287 g/mol. The van der Waals surface area contributed by atoms with Crippen LogP contribution in [0.25, 0.3) is 0 Å². The second-order valence-electron chi connectivity index (χ2n) is 5.28. The van der Waals surface area contributed by atoms with Crippen LogP contribution < -0.4 is 0 Å². The van der Waals surface area contributed by atoms with E-state index < -0.39 is 10.0 Å². The van der Waals surface area contributed by atoms with Crippen LogP contribution in [-0.4, -0.2) is 22.7 Å². The molecule has 1 unspecified atom stereocenters. The molecule has 19 heavy (non-hydrogen) atoms. The summed E-state index contributed by atoms with van der Waals surface area (Å²) in [5.41, 5.74) is 0. The van der Waals surface area contributed by atoms with Crippen LogP contribution in [-0.2, 0) is 8.85 Å². The van der Waals surface area contributed by atoms with Gasteiger partial charge in [-0.05, 0) is 33.1 Å². The van der Waals surface area contributed by atoms with Gasteiger partial charge in [-0.2, -0.15) is 0 Å². The van der Waals surface area contributed by atoms with Crippen LogP contribution in [0.1, 0.15) is 78.1 Å². The maximum Gasteiger partial charge on any atom is 0.304 e. The smallest absolute Gasteiger partial charge is 0.304 e. The zero-order chi connectivity index (χ0) is 14.2. The molecule has 0 bridgehead atoms. The van der Waals surface area contributed by atoms with Gasteiger partial charge in [0.1, 0.15) is 0 Å². The molecule has 0 aliphatic rings. The Labute approximate surface area is 123 Å². The van der Waals surface area contributed by atoms with Gasteiger partial charge in [0.25, 0.3) is 0 Å². The Bertz CT molecular complexity index is 186. The Morgan fingerprint density at radius 2 is 1.58 bits per heavy atom. The second kappa shape index (κ2) is 15.9.